The number of carbonyl (C=O) groups is 2. The van der Waals surface area contributed by atoms with Crippen molar-refractivity contribution < 1.29 is 14.3 Å². The Bertz CT molecular complexity index is 773. The fourth-order valence-corrected chi connectivity index (χ4v) is 3.82. The topological polar surface area (TPSA) is 71.5 Å². The molecule has 26 heavy (non-hydrogen) atoms. The molecule has 138 valence electrons. The predicted molar refractivity (Wildman–Crippen MR) is 101 cm³/mol. The third kappa shape index (κ3) is 4.22. The number of hydrogen-bond acceptors (Lipinski definition) is 5. The first-order valence-electron chi connectivity index (χ1n) is 8.75. The predicted octanol–water partition coefficient (Wildman–Crippen LogP) is 2.35. The lowest BCUT2D eigenvalue weighted by molar-refractivity contribution is -0.128. The molecule has 1 N–H and O–H groups in total. The number of aromatic nitrogens is 1. The second-order valence-corrected chi connectivity index (χ2v) is 7.17. The van der Waals surface area contributed by atoms with Gasteiger partial charge in [-0.3, -0.25) is 9.59 Å². The first-order valence-corrected chi connectivity index (χ1v) is 9.63. The number of benzene rings is 1. The number of thiazole rings is 1. The van der Waals surface area contributed by atoms with Crippen LogP contribution >= 0.6 is 11.3 Å². The van der Waals surface area contributed by atoms with Crippen molar-refractivity contribution >= 4 is 23.2 Å². The molecule has 2 aromatic rings. The number of nitrogens with zero attached hydrogens (tertiary/aromatic N) is 2. The maximum absolute atomic E-state index is 12.2. The van der Waals surface area contributed by atoms with Gasteiger partial charge in [0.05, 0.1) is 23.7 Å². The van der Waals surface area contributed by atoms with E-state index in [0.29, 0.717) is 32.5 Å². The lowest BCUT2D eigenvalue weighted by Gasteiger charge is -2.13. The van der Waals surface area contributed by atoms with Crippen molar-refractivity contribution in [2.45, 2.75) is 19.8 Å². The molecular formula is C19H23N3O3S. The van der Waals surface area contributed by atoms with E-state index < -0.39 is 0 Å². The van der Waals surface area contributed by atoms with E-state index in [1.807, 2.05) is 36.6 Å². The van der Waals surface area contributed by atoms with Crippen molar-refractivity contribution in [2.24, 2.45) is 5.92 Å². The molecule has 0 spiro atoms. The Labute approximate surface area is 157 Å². The summed E-state index contributed by atoms with van der Waals surface area (Å²) in [6.45, 7) is 3.65. The summed E-state index contributed by atoms with van der Waals surface area (Å²) in [7, 11) is 1.64. The van der Waals surface area contributed by atoms with Gasteiger partial charge in [0.1, 0.15) is 5.75 Å². The third-order valence-corrected chi connectivity index (χ3v) is 5.45. The van der Waals surface area contributed by atoms with Crippen LogP contribution in [0.1, 0.15) is 18.4 Å². The zero-order valence-corrected chi connectivity index (χ0v) is 15.8. The van der Waals surface area contributed by atoms with Crippen LogP contribution < -0.4 is 10.1 Å². The SMILES string of the molecule is CCN1C[C@@H](C(=O)NCCc2nc(-c3ccc(OC)cc3)cs2)CC1=O. The molecule has 2 heterocycles. The van der Waals surface area contributed by atoms with Gasteiger partial charge >= 0.3 is 0 Å². The van der Waals surface area contributed by atoms with Crippen LogP contribution in [0.2, 0.25) is 0 Å². The van der Waals surface area contributed by atoms with Crippen LogP contribution in [0.3, 0.4) is 0 Å². The molecular weight excluding hydrogens is 350 g/mol. The molecule has 7 heteroatoms. The van der Waals surface area contributed by atoms with Gasteiger partial charge in [0.25, 0.3) is 0 Å². The second-order valence-electron chi connectivity index (χ2n) is 6.23. The van der Waals surface area contributed by atoms with E-state index in [1.54, 1.807) is 23.3 Å². The summed E-state index contributed by atoms with van der Waals surface area (Å²) < 4.78 is 5.17. The number of amides is 2. The van der Waals surface area contributed by atoms with Crippen LogP contribution in [0, 0.1) is 5.92 Å². The minimum atomic E-state index is -0.228. The highest BCUT2D eigenvalue weighted by Crippen LogP contribution is 2.24. The average Bonchev–Trinajstić information content (AvgIpc) is 3.28. The van der Waals surface area contributed by atoms with Gasteiger partial charge in [0, 0.05) is 43.4 Å². The molecule has 0 saturated carbocycles. The Morgan fingerprint density at radius 3 is 2.81 bits per heavy atom. The number of nitrogens with one attached hydrogen (secondary N) is 1. The van der Waals surface area contributed by atoms with Crippen molar-refractivity contribution in [3.8, 4) is 17.0 Å². The van der Waals surface area contributed by atoms with Gasteiger partial charge in [-0.25, -0.2) is 4.98 Å². The normalized spacial score (nSPS) is 16.8. The van der Waals surface area contributed by atoms with Crippen LogP contribution in [0.5, 0.6) is 5.75 Å². The second kappa shape index (κ2) is 8.31. The van der Waals surface area contributed by atoms with Crippen LogP contribution in [0.15, 0.2) is 29.6 Å². The zero-order chi connectivity index (χ0) is 18.5. The summed E-state index contributed by atoms with van der Waals surface area (Å²) in [5.41, 5.74) is 1.97. The standard InChI is InChI=1S/C19H23N3O3S/c1-3-22-11-14(10-18(22)23)19(24)20-9-8-17-21-16(12-26-17)13-4-6-15(25-2)7-5-13/h4-7,12,14H,3,8-11H2,1-2H3,(H,20,24)/t14-/m0/s1. The molecule has 0 aliphatic carbocycles. The lowest BCUT2D eigenvalue weighted by atomic mass is 10.1. The fourth-order valence-electron chi connectivity index (χ4n) is 3.01. The van der Waals surface area contributed by atoms with Crippen LogP contribution in [0.25, 0.3) is 11.3 Å². The molecule has 3 rings (SSSR count). The van der Waals surface area contributed by atoms with Crippen molar-refractivity contribution in [2.75, 3.05) is 26.7 Å². The van der Waals surface area contributed by atoms with E-state index in [2.05, 4.69) is 10.3 Å². The quantitative estimate of drug-likeness (QED) is 0.809. The van der Waals surface area contributed by atoms with Gasteiger partial charge < -0.3 is 15.0 Å². The van der Waals surface area contributed by atoms with Crippen molar-refractivity contribution in [1.82, 2.24) is 15.2 Å². The zero-order valence-electron chi connectivity index (χ0n) is 15.0. The molecule has 0 unspecified atom stereocenters. The fraction of sp³-hybridized carbons (Fsp3) is 0.421. The Morgan fingerprint density at radius 2 is 2.15 bits per heavy atom. The summed E-state index contributed by atoms with van der Waals surface area (Å²) in [4.78, 5) is 30.3. The molecule has 0 bridgehead atoms. The molecule has 2 amide bonds. The number of ether oxygens (including phenoxy) is 1. The number of methoxy groups -OCH3 is 1. The summed E-state index contributed by atoms with van der Waals surface area (Å²) in [5.74, 6) is 0.616. The third-order valence-electron chi connectivity index (χ3n) is 4.54. The highest BCUT2D eigenvalue weighted by atomic mass is 32.1. The number of carbonyl (C=O) groups excluding carboxylic acids is 2. The molecule has 1 aliphatic rings. The summed E-state index contributed by atoms with van der Waals surface area (Å²) in [6, 6.07) is 7.79. The van der Waals surface area contributed by atoms with E-state index in [1.165, 1.54) is 0 Å². The van der Waals surface area contributed by atoms with Crippen molar-refractivity contribution in [3.05, 3.63) is 34.7 Å². The highest BCUT2D eigenvalue weighted by Gasteiger charge is 2.33. The van der Waals surface area contributed by atoms with E-state index in [4.69, 9.17) is 4.74 Å². The molecule has 1 aromatic carbocycles. The van der Waals surface area contributed by atoms with Gasteiger partial charge in [-0.1, -0.05) is 0 Å². The Balaban J connectivity index is 1.49. The Morgan fingerprint density at radius 1 is 1.38 bits per heavy atom. The maximum atomic E-state index is 12.2. The molecule has 6 nitrogen and oxygen atoms in total. The Kier molecular flexibility index (Phi) is 5.88. The van der Waals surface area contributed by atoms with Crippen molar-refractivity contribution in [3.63, 3.8) is 0 Å². The average molecular weight is 373 g/mol. The van der Waals surface area contributed by atoms with Crippen LogP contribution in [-0.4, -0.2) is 48.4 Å². The van der Waals surface area contributed by atoms with E-state index in [-0.39, 0.29) is 17.7 Å². The highest BCUT2D eigenvalue weighted by molar-refractivity contribution is 7.09. The minimum absolute atomic E-state index is 0.0405. The smallest absolute Gasteiger partial charge is 0.225 e. The summed E-state index contributed by atoms with van der Waals surface area (Å²) >= 11 is 1.59. The monoisotopic (exact) mass is 373 g/mol. The number of rotatable bonds is 7. The van der Waals surface area contributed by atoms with Crippen LogP contribution in [0.4, 0.5) is 0 Å². The van der Waals surface area contributed by atoms with Gasteiger partial charge in [-0.15, -0.1) is 11.3 Å². The molecule has 0 radical (unpaired) electrons. The largest absolute Gasteiger partial charge is 0.497 e. The summed E-state index contributed by atoms with van der Waals surface area (Å²) in [6.07, 6.45) is 1.00. The number of likely N-dealkylation sites (tertiary alicyclic amines) is 1. The number of hydrogen-bond donors (Lipinski definition) is 1. The maximum Gasteiger partial charge on any atom is 0.225 e. The summed E-state index contributed by atoms with van der Waals surface area (Å²) in [5, 5.41) is 5.94. The van der Waals surface area contributed by atoms with Crippen LogP contribution in [-0.2, 0) is 16.0 Å². The minimum Gasteiger partial charge on any atom is -0.497 e. The molecule has 1 saturated heterocycles. The van der Waals surface area contributed by atoms with Gasteiger partial charge in [-0.05, 0) is 31.2 Å². The lowest BCUT2D eigenvalue weighted by Crippen LogP contribution is -2.34. The van der Waals surface area contributed by atoms with E-state index in [9.17, 15) is 9.59 Å². The molecule has 1 aromatic heterocycles. The Hall–Kier alpha value is -2.41. The van der Waals surface area contributed by atoms with E-state index in [0.717, 1.165) is 22.0 Å². The molecule has 1 fully saturated rings. The van der Waals surface area contributed by atoms with Gasteiger partial charge in [0.15, 0.2) is 0 Å². The van der Waals surface area contributed by atoms with Gasteiger partial charge in [0.2, 0.25) is 11.8 Å². The molecule has 1 aliphatic heterocycles. The van der Waals surface area contributed by atoms with Crippen molar-refractivity contribution in [1.29, 1.82) is 0 Å². The first-order chi connectivity index (χ1) is 12.6. The van der Waals surface area contributed by atoms with E-state index >= 15 is 0 Å². The molecule has 1 atom stereocenters. The first kappa shape index (κ1) is 18.4. The van der Waals surface area contributed by atoms with Gasteiger partial charge in [-0.2, -0.15) is 0 Å².